The van der Waals surface area contributed by atoms with Gasteiger partial charge in [0.1, 0.15) is 17.1 Å². The Balaban J connectivity index is 2.35. The zero-order valence-corrected chi connectivity index (χ0v) is 13.6. The molecule has 0 saturated carbocycles. The molecule has 23 heavy (non-hydrogen) atoms. The van der Waals surface area contributed by atoms with E-state index in [2.05, 4.69) is 15.5 Å². The molecule has 124 valence electrons. The topological polar surface area (TPSA) is 117 Å². The Bertz CT molecular complexity index is 746. The quantitative estimate of drug-likeness (QED) is 0.792. The number of nitrogen functional groups attached to an aromatic ring is 1. The second kappa shape index (κ2) is 6.51. The highest BCUT2D eigenvalue weighted by atomic mass is 16.5. The van der Waals surface area contributed by atoms with Gasteiger partial charge in [0.15, 0.2) is 0 Å². The van der Waals surface area contributed by atoms with E-state index in [1.54, 1.807) is 20.9 Å². The maximum absolute atomic E-state index is 12.6. The van der Waals surface area contributed by atoms with Crippen molar-refractivity contribution in [1.29, 1.82) is 0 Å². The average Bonchev–Trinajstić information content (AvgIpc) is 3.01. The van der Waals surface area contributed by atoms with E-state index in [9.17, 15) is 9.59 Å². The third-order valence-electron chi connectivity index (χ3n) is 3.35. The number of ether oxygens (including phenoxy) is 1. The van der Waals surface area contributed by atoms with Gasteiger partial charge in [-0.05, 0) is 20.8 Å². The number of hydrogen-bond acceptors (Lipinski definition) is 6. The van der Waals surface area contributed by atoms with Gasteiger partial charge in [0, 0.05) is 13.6 Å². The van der Waals surface area contributed by atoms with E-state index in [1.807, 2.05) is 6.92 Å². The highest BCUT2D eigenvalue weighted by molar-refractivity contribution is 6.09. The summed E-state index contributed by atoms with van der Waals surface area (Å²) in [6, 6.07) is 0. The van der Waals surface area contributed by atoms with E-state index in [1.165, 1.54) is 15.6 Å². The summed E-state index contributed by atoms with van der Waals surface area (Å²) in [6.45, 7) is 6.02. The van der Waals surface area contributed by atoms with Crippen molar-refractivity contribution in [3.63, 3.8) is 0 Å². The molecule has 0 aromatic carbocycles. The first-order valence-corrected chi connectivity index (χ1v) is 7.24. The predicted octanol–water partition coefficient (Wildman–Crippen LogP) is 0.956. The Kier molecular flexibility index (Phi) is 4.68. The molecule has 0 aliphatic carbocycles. The molecular weight excluding hydrogens is 300 g/mol. The highest BCUT2D eigenvalue weighted by Crippen LogP contribution is 2.20. The van der Waals surface area contributed by atoms with Crippen LogP contribution in [0, 0.1) is 6.92 Å². The first-order valence-electron chi connectivity index (χ1n) is 7.24. The van der Waals surface area contributed by atoms with Crippen molar-refractivity contribution in [1.82, 2.24) is 19.6 Å². The van der Waals surface area contributed by atoms with Crippen LogP contribution in [0.4, 0.5) is 11.5 Å². The molecule has 0 unspecified atom stereocenters. The maximum Gasteiger partial charge on any atom is 0.343 e. The summed E-state index contributed by atoms with van der Waals surface area (Å²) in [5.41, 5.74) is 7.25. The molecule has 1 amide bonds. The van der Waals surface area contributed by atoms with Crippen LogP contribution in [0.1, 0.15) is 40.4 Å². The van der Waals surface area contributed by atoms with E-state index in [4.69, 9.17) is 10.5 Å². The molecule has 2 rings (SSSR count). The minimum atomic E-state index is -0.552. The second-order valence-electron chi connectivity index (χ2n) is 4.87. The van der Waals surface area contributed by atoms with Crippen LogP contribution in [0.2, 0.25) is 0 Å². The van der Waals surface area contributed by atoms with Crippen molar-refractivity contribution < 1.29 is 14.3 Å². The van der Waals surface area contributed by atoms with Crippen LogP contribution in [-0.4, -0.2) is 38.0 Å². The van der Waals surface area contributed by atoms with E-state index >= 15 is 0 Å². The first-order chi connectivity index (χ1) is 10.9. The molecule has 0 bridgehead atoms. The number of anilines is 2. The Hall–Kier alpha value is -2.84. The van der Waals surface area contributed by atoms with E-state index in [-0.39, 0.29) is 23.7 Å². The number of hydrogen-bond donors (Lipinski definition) is 2. The number of esters is 1. The van der Waals surface area contributed by atoms with Crippen molar-refractivity contribution in [2.45, 2.75) is 27.3 Å². The number of aromatic nitrogens is 4. The van der Waals surface area contributed by atoms with Gasteiger partial charge < -0.3 is 15.8 Å². The fraction of sp³-hybridized carbons (Fsp3) is 0.429. The second-order valence-corrected chi connectivity index (χ2v) is 4.87. The van der Waals surface area contributed by atoms with Gasteiger partial charge in [-0.3, -0.25) is 14.2 Å². The lowest BCUT2D eigenvalue weighted by Crippen LogP contribution is -2.21. The van der Waals surface area contributed by atoms with Gasteiger partial charge in [-0.15, -0.1) is 0 Å². The third-order valence-corrected chi connectivity index (χ3v) is 3.35. The molecular formula is C14H20N6O3. The minimum absolute atomic E-state index is 0.181. The highest BCUT2D eigenvalue weighted by Gasteiger charge is 2.24. The molecule has 2 heterocycles. The summed E-state index contributed by atoms with van der Waals surface area (Å²) in [7, 11) is 1.62. The van der Waals surface area contributed by atoms with Crippen LogP contribution in [0.25, 0.3) is 0 Å². The van der Waals surface area contributed by atoms with Crippen LogP contribution < -0.4 is 11.1 Å². The first kappa shape index (κ1) is 16.5. The molecule has 0 aliphatic rings. The molecule has 0 saturated heterocycles. The van der Waals surface area contributed by atoms with Crippen molar-refractivity contribution in [2.75, 3.05) is 17.7 Å². The Morgan fingerprint density at radius 1 is 1.39 bits per heavy atom. The summed E-state index contributed by atoms with van der Waals surface area (Å²) < 4.78 is 7.86. The Morgan fingerprint density at radius 3 is 2.70 bits per heavy atom. The van der Waals surface area contributed by atoms with Crippen molar-refractivity contribution in [3.05, 3.63) is 23.1 Å². The van der Waals surface area contributed by atoms with Crippen LogP contribution in [-0.2, 0) is 18.3 Å². The predicted molar refractivity (Wildman–Crippen MR) is 84.2 cm³/mol. The molecule has 0 fully saturated rings. The standard InChI is InChI=1S/C14H20N6O3/c1-5-20-11(10(15)8(3)18-20)13(21)17-12-9(7-16-19(12)4)14(22)23-6-2/h7H,5-6,15H2,1-4H3,(H,17,21). The zero-order chi connectivity index (χ0) is 17.1. The number of carbonyl (C=O) groups is 2. The number of carbonyl (C=O) groups excluding carboxylic acids is 2. The van der Waals surface area contributed by atoms with Crippen molar-refractivity contribution in [2.24, 2.45) is 7.05 Å². The summed E-state index contributed by atoms with van der Waals surface area (Å²) in [5, 5.41) is 10.9. The lowest BCUT2D eigenvalue weighted by Gasteiger charge is -2.09. The number of nitrogens with two attached hydrogens (primary N) is 1. The lowest BCUT2D eigenvalue weighted by atomic mass is 10.2. The minimum Gasteiger partial charge on any atom is -0.462 e. The van der Waals surface area contributed by atoms with Gasteiger partial charge in [0.2, 0.25) is 0 Å². The molecule has 2 aromatic rings. The maximum atomic E-state index is 12.6. The van der Waals surface area contributed by atoms with Gasteiger partial charge >= 0.3 is 5.97 Å². The average molecular weight is 320 g/mol. The van der Waals surface area contributed by atoms with Crippen molar-refractivity contribution in [3.8, 4) is 0 Å². The van der Waals surface area contributed by atoms with Crippen molar-refractivity contribution >= 4 is 23.4 Å². The van der Waals surface area contributed by atoms with Crippen LogP contribution in [0.15, 0.2) is 6.20 Å². The molecule has 9 heteroatoms. The molecule has 3 N–H and O–H groups in total. The molecule has 9 nitrogen and oxygen atoms in total. The Labute approximate surface area is 133 Å². The molecule has 0 spiro atoms. The van der Waals surface area contributed by atoms with Gasteiger partial charge in [-0.25, -0.2) is 4.79 Å². The number of amides is 1. The monoisotopic (exact) mass is 320 g/mol. The third kappa shape index (κ3) is 3.03. The largest absolute Gasteiger partial charge is 0.462 e. The summed E-state index contributed by atoms with van der Waals surface area (Å²) in [6.07, 6.45) is 1.35. The molecule has 0 atom stereocenters. The summed E-state index contributed by atoms with van der Waals surface area (Å²) in [5.74, 6) is -0.766. The van der Waals surface area contributed by atoms with E-state index in [0.717, 1.165) is 0 Å². The van der Waals surface area contributed by atoms with Gasteiger partial charge in [0.05, 0.1) is 24.2 Å². The molecule has 0 radical (unpaired) electrons. The molecule has 0 aliphatic heterocycles. The van der Waals surface area contributed by atoms with Gasteiger partial charge in [0.25, 0.3) is 5.91 Å². The fourth-order valence-corrected chi connectivity index (χ4v) is 2.17. The Morgan fingerprint density at radius 2 is 2.09 bits per heavy atom. The smallest absolute Gasteiger partial charge is 0.343 e. The molecule has 2 aromatic heterocycles. The zero-order valence-electron chi connectivity index (χ0n) is 13.6. The normalized spacial score (nSPS) is 10.6. The van der Waals surface area contributed by atoms with Crippen LogP contribution in [0.5, 0.6) is 0 Å². The SMILES string of the molecule is CCOC(=O)c1cnn(C)c1NC(=O)c1c(N)c(C)nn1CC. The lowest BCUT2D eigenvalue weighted by molar-refractivity contribution is 0.0527. The summed E-state index contributed by atoms with van der Waals surface area (Å²) in [4.78, 5) is 24.5. The van der Waals surface area contributed by atoms with Crippen LogP contribution >= 0.6 is 0 Å². The summed E-state index contributed by atoms with van der Waals surface area (Å²) >= 11 is 0. The van der Waals surface area contributed by atoms with E-state index in [0.29, 0.717) is 17.9 Å². The number of rotatable bonds is 5. The fourth-order valence-electron chi connectivity index (χ4n) is 2.17. The van der Waals surface area contributed by atoms with Gasteiger partial charge in [-0.2, -0.15) is 10.2 Å². The van der Waals surface area contributed by atoms with Gasteiger partial charge in [-0.1, -0.05) is 0 Å². The number of nitrogens with one attached hydrogen (secondary N) is 1. The number of nitrogens with zero attached hydrogens (tertiary/aromatic N) is 4. The van der Waals surface area contributed by atoms with Crippen LogP contribution in [0.3, 0.4) is 0 Å². The number of aryl methyl sites for hydroxylation is 3. The van der Waals surface area contributed by atoms with E-state index < -0.39 is 11.9 Å².